The fourth-order valence-electron chi connectivity index (χ4n) is 2.18. The van der Waals surface area contributed by atoms with E-state index in [0.29, 0.717) is 11.6 Å². The lowest BCUT2D eigenvalue weighted by Crippen LogP contribution is -2.32. The van der Waals surface area contributed by atoms with Crippen LogP contribution in [0.5, 0.6) is 0 Å². The minimum Gasteiger partial charge on any atom is -0.392 e. The Bertz CT molecular complexity index is 558. The summed E-state index contributed by atoms with van der Waals surface area (Å²) in [6.45, 7) is 0. The van der Waals surface area contributed by atoms with Crippen molar-refractivity contribution in [2.75, 3.05) is 5.73 Å². The summed E-state index contributed by atoms with van der Waals surface area (Å²) < 4.78 is 0.830. The highest BCUT2D eigenvalue weighted by Crippen LogP contribution is 2.35. The zero-order valence-electron chi connectivity index (χ0n) is 9.61. The van der Waals surface area contributed by atoms with Gasteiger partial charge in [0.15, 0.2) is 4.34 Å². The maximum Gasteiger partial charge on any atom is 0.203 e. The molecule has 1 heterocycles. The Morgan fingerprint density at radius 1 is 1.22 bits per heavy atom. The number of nitrogens with two attached hydrogens (primary N) is 1. The van der Waals surface area contributed by atoms with Crippen LogP contribution in [0, 0.1) is 0 Å². The van der Waals surface area contributed by atoms with Gasteiger partial charge in [-0.25, -0.2) is 0 Å². The largest absolute Gasteiger partial charge is 0.392 e. The van der Waals surface area contributed by atoms with Crippen LogP contribution in [0.1, 0.15) is 11.1 Å². The van der Waals surface area contributed by atoms with Crippen molar-refractivity contribution >= 4 is 28.2 Å². The maximum absolute atomic E-state index is 10.2. The van der Waals surface area contributed by atoms with Crippen molar-refractivity contribution in [1.29, 1.82) is 0 Å². The van der Waals surface area contributed by atoms with Crippen LogP contribution in [0.4, 0.5) is 5.13 Å². The predicted octanol–water partition coefficient (Wildman–Crippen LogP) is 1.74. The van der Waals surface area contributed by atoms with Crippen molar-refractivity contribution in [3.8, 4) is 0 Å². The third kappa shape index (κ3) is 2.36. The van der Waals surface area contributed by atoms with Crippen molar-refractivity contribution in [1.82, 2.24) is 10.2 Å². The molecular weight excluding hydrogens is 266 g/mol. The molecule has 2 atom stereocenters. The van der Waals surface area contributed by atoms with E-state index in [9.17, 15) is 5.11 Å². The fourth-order valence-corrected chi connectivity index (χ4v) is 4.21. The summed E-state index contributed by atoms with van der Waals surface area (Å²) in [7, 11) is 0. The number of nitrogens with zero attached hydrogens (tertiary/aromatic N) is 2. The van der Waals surface area contributed by atoms with E-state index in [2.05, 4.69) is 22.3 Å². The first kappa shape index (κ1) is 12.0. The Morgan fingerprint density at radius 2 is 1.94 bits per heavy atom. The maximum atomic E-state index is 10.2. The highest BCUT2D eigenvalue weighted by molar-refractivity contribution is 8.01. The molecule has 1 aliphatic rings. The molecule has 0 unspecified atom stereocenters. The zero-order chi connectivity index (χ0) is 12.5. The van der Waals surface area contributed by atoms with Crippen molar-refractivity contribution in [3.63, 3.8) is 0 Å². The summed E-state index contributed by atoms with van der Waals surface area (Å²) in [5, 5.41) is 18.6. The second-order valence-electron chi connectivity index (χ2n) is 4.31. The molecule has 0 fully saturated rings. The molecular formula is C12H13N3OS2. The minimum atomic E-state index is -0.338. The molecule has 2 aromatic rings. The van der Waals surface area contributed by atoms with Crippen LogP contribution in [0.15, 0.2) is 28.6 Å². The monoisotopic (exact) mass is 279 g/mol. The summed E-state index contributed by atoms with van der Waals surface area (Å²) in [5.74, 6) is 0. The molecule has 1 aromatic carbocycles. The lowest BCUT2D eigenvalue weighted by Gasteiger charge is -2.28. The summed E-state index contributed by atoms with van der Waals surface area (Å²) in [6.07, 6.45) is 1.24. The molecule has 0 radical (unpaired) electrons. The van der Waals surface area contributed by atoms with Gasteiger partial charge in [0.2, 0.25) is 5.13 Å². The van der Waals surface area contributed by atoms with E-state index in [1.807, 2.05) is 12.1 Å². The number of hydrogen-bond acceptors (Lipinski definition) is 6. The van der Waals surface area contributed by atoms with Crippen LogP contribution in [-0.2, 0) is 12.8 Å². The standard InChI is InChI=1S/C12H13N3OS2/c13-11-14-15-12(18-11)17-10-6-8-4-2-1-3-7(8)5-9(10)16/h1-4,9-10,16H,5-6H2,(H2,13,14)/t9-,10-/m1/s1. The van der Waals surface area contributed by atoms with Crippen LogP contribution in [0.3, 0.4) is 0 Å². The summed E-state index contributed by atoms with van der Waals surface area (Å²) in [6, 6.07) is 8.28. The summed E-state index contributed by atoms with van der Waals surface area (Å²) in [5.41, 5.74) is 8.13. The highest BCUT2D eigenvalue weighted by atomic mass is 32.2. The first-order valence-corrected chi connectivity index (χ1v) is 7.42. The van der Waals surface area contributed by atoms with Gasteiger partial charge in [-0.1, -0.05) is 47.4 Å². The molecule has 3 rings (SSSR count). The molecule has 0 amide bonds. The Labute approximate surface area is 113 Å². The molecule has 0 bridgehead atoms. The number of anilines is 1. The van der Waals surface area contributed by atoms with Gasteiger partial charge in [-0.3, -0.25) is 0 Å². The van der Waals surface area contributed by atoms with Crippen molar-refractivity contribution in [2.24, 2.45) is 0 Å². The molecule has 18 heavy (non-hydrogen) atoms. The average molecular weight is 279 g/mol. The Balaban J connectivity index is 1.78. The molecule has 94 valence electrons. The molecule has 4 nitrogen and oxygen atoms in total. The van der Waals surface area contributed by atoms with Crippen molar-refractivity contribution in [3.05, 3.63) is 35.4 Å². The predicted molar refractivity (Wildman–Crippen MR) is 73.8 cm³/mol. The lowest BCUT2D eigenvalue weighted by molar-refractivity contribution is 0.165. The van der Waals surface area contributed by atoms with Gasteiger partial charge in [-0.15, -0.1) is 10.2 Å². The molecule has 0 saturated carbocycles. The molecule has 3 N–H and O–H groups in total. The van der Waals surface area contributed by atoms with Gasteiger partial charge in [0.05, 0.1) is 6.10 Å². The first-order valence-electron chi connectivity index (χ1n) is 5.73. The van der Waals surface area contributed by atoms with E-state index >= 15 is 0 Å². The average Bonchev–Trinajstić information content (AvgIpc) is 2.76. The van der Waals surface area contributed by atoms with Crippen molar-refractivity contribution < 1.29 is 5.11 Å². The van der Waals surface area contributed by atoms with Crippen molar-refractivity contribution in [2.45, 2.75) is 28.5 Å². The molecule has 0 saturated heterocycles. The van der Waals surface area contributed by atoms with Gasteiger partial charge < -0.3 is 10.8 Å². The smallest absolute Gasteiger partial charge is 0.203 e. The van der Waals surface area contributed by atoms with Crippen LogP contribution in [0.2, 0.25) is 0 Å². The molecule has 1 aromatic heterocycles. The normalized spacial score (nSPS) is 22.7. The lowest BCUT2D eigenvalue weighted by atomic mass is 9.89. The van der Waals surface area contributed by atoms with Gasteiger partial charge in [0, 0.05) is 5.25 Å². The second-order valence-corrected chi connectivity index (χ2v) is 6.80. The SMILES string of the molecule is Nc1nnc(S[C@@H]2Cc3ccccc3C[C@H]2O)s1. The number of thioether (sulfide) groups is 1. The third-order valence-corrected chi connectivity index (χ3v) is 5.22. The number of aromatic nitrogens is 2. The number of rotatable bonds is 2. The first-order chi connectivity index (χ1) is 8.72. The Kier molecular flexibility index (Phi) is 3.23. The third-order valence-electron chi connectivity index (χ3n) is 3.07. The minimum absolute atomic E-state index is 0.132. The van der Waals surface area contributed by atoms with Crippen LogP contribution in [-0.4, -0.2) is 26.7 Å². The van der Waals surface area contributed by atoms with E-state index in [4.69, 9.17) is 5.73 Å². The molecule has 6 heteroatoms. The molecule has 0 aliphatic heterocycles. The number of benzene rings is 1. The molecule has 1 aliphatic carbocycles. The van der Waals surface area contributed by atoms with E-state index < -0.39 is 0 Å². The van der Waals surface area contributed by atoms with Gasteiger partial charge in [-0.05, 0) is 24.0 Å². The van der Waals surface area contributed by atoms with E-state index in [1.54, 1.807) is 11.8 Å². The number of hydrogen-bond donors (Lipinski definition) is 2. The summed E-state index contributed by atoms with van der Waals surface area (Å²) >= 11 is 2.94. The van der Waals surface area contributed by atoms with Crippen LogP contribution >= 0.6 is 23.1 Å². The quantitative estimate of drug-likeness (QED) is 0.876. The topological polar surface area (TPSA) is 72.0 Å². The molecule has 0 spiro atoms. The van der Waals surface area contributed by atoms with E-state index in [0.717, 1.165) is 10.8 Å². The van der Waals surface area contributed by atoms with E-state index in [-0.39, 0.29) is 11.4 Å². The Hall–Kier alpha value is -1.11. The van der Waals surface area contributed by atoms with Gasteiger partial charge in [-0.2, -0.15) is 0 Å². The Morgan fingerprint density at radius 3 is 2.61 bits per heavy atom. The highest BCUT2D eigenvalue weighted by Gasteiger charge is 2.28. The van der Waals surface area contributed by atoms with Gasteiger partial charge in [0.1, 0.15) is 0 Å². The second kappa shape index (κ2) is 4.87. The summed E-state index contributed by atoms with van der Waals surface area (Å²) in [4.78, 5) is 0. The fraction of sp³-hybridized carbons (Fsp3) is 0.333. The number of aliphatic hydroxyl groups excluding tert-OH is 1. The van der Waals surface area contributed by atoms with E-state index in [1.165, 1.54) is 22.5 Å². The number of nitrogen functional groups attached to an aromatic ring is 1. The van der Waals surface area contributed by atoms with Crippen LogP contribution in [0.25, 0.3) is 0 Å². The van der Waals surface area contributed by atoms with Gasteiger partial charge >= 0.3 is 0 Å². The van der Waals surface area contributed by atoms with Gasteiger partial charge in [0.25, 0.3) is 0 Å². The van der Waals surface area contributed by atoms with Crippen LogP contribution < -0.4 is 5.73 Å². The number of fused-ring (bicyclic) bond motifs is 1. The number of aliphatic hydroxyl groups is 1. The zero-order valence-corrected chi connectivity index (χ0v) is 11.2.